The lowest BCUT2D eigenvalue weighted by molar-refractivity contribution is 0.0697. The highest BCUT2D eigenvalue weighted by Crippen LogP contribution is 2.09. The molecule has 1 N–H and O–H groups in total. The van der Waals surface area contributed by atoms with Gasteiger partial charge in [-0.1, -0.05) is 18.2 Å². The number of aromatic nitrogens is 1. The Labute approximate surface area is 106 Å². The molecular weight excluding hydrogens is 226 g/mol. The van der Waals surface area contributed by atoms with Crippen LogP contribution in [-0.4, -0.2) is 16.1 Å². The number of carboxylic acids is 1. The molecule has 0 saturated heterocycles. The van der Waals surface area contributed by atoms with E-state index in [-0.39, 0.29) is 0 Å². The van der Waals surface area contributed by atoms with Gasteiger partial charge in [0.1, 0.15) is 0 Å². The molecule has 1 heterocycles. The minimum atomic E-state index is -0.884. The van der Waals surface area contributed by atoms with Gasteiger partial charge in [0.05, 0.1) is 5.56 Å². The highest BCUT2D eigenvalue weighted by molar-refractivity contribution is 5.87. The molecular formula is C15H15NO2. The van der Waals surface area contributed by atoms with E-state index in [1.807, 2.05) is 31.3 Å². The monoisotopic (exact) mass is 241 g/mol. The van der Waals surface area contributed by atoms with Crippen LogP contribution in [0.4, 0.5) is 0 Å². The van der Waals surface area contributed by atoms with Crippen molar-refractivity contribution in [2.24, 2.45) is 0 Å². The molecule has 3 nitrogen and oxygen atoms in total. The van der Waals surface area contributed by atoms with E-state index in [1.54, 1.807) is 18.2 Å². The lowest BCUT2D eigenvalue weighted by Crippen LogP contribution is -1.99. The number of rotatable bonds is 4. The van der Waals surface area contributed by atoms with Crippen LogP contribution in [0.5, 0.6) is 0 Å². The van der Waals surface area contributed by atoms with Crippen LogP contribution < -0.4 is 0 Å². The number of hydrogen-bond donors (Lipinski definition) is 1. The topological polar surface area (TPSA) is 50.2 Å². The van der Waals surface area contributed by atoms with Gasteiger partial charge in [0.25, 0.3) is 0 Å². The first-order valence-electron chi connectivity index (χ1n) is 5.89. The Morgan fingerprint density at radius 3 is 2.72 bits per heavy atom. The summed E-state index contributed by atoms with van der Waals surface area (Å²) in [5.74, 6) is -0.884. The van der Waals surface area contributed by atoms with Gasteiger partial charge in [-0.15, -0.1) is 0 Å². The molecule has 18 heavy (non-hydrogen) atoms. The molecule has 0 unspecified atom stereocenters. The average molecular weight is 241 g/mol. The largest absolute Gasteiger partial charge is 0.478 e. The summed E-state index contributed by atoms with van der Waals surface area (Å²) in [6.07, 6.45) is 3.48. The standard InChI is InChI=1S/C15H15NO2/c1-11-5-7-14(16-10-11)8-6-12-3-2-4-13(9-12)15(17)18/h2-5,7,9-10H,6,8H2,1H3,(H,17,18). The maximum absolute atomic E-state index is 10.9. The van der Waals surface area contributed by atoms with Gasteiger partial charge in [-0.05, 0) is 49.1 Å². The Morgan fingerprint density at radius 2 is 2.06 bits per heavy atom. The quantitative estimate of drug-likeness (QED) is 0.895. The fraction of sp³-hybridized carbons (Fsp3) is 0.200. The SMILES string of the molecule is Cc1ccc(CCc2cccc(C(=O)O)c2)nc1. The molecule has 0 aliphatic carbocycles. The molecule has 3 heteroatoms. The van der Waals surface area contributed by atoms with Crippen LogP contribution in [0.1, 0.15) is 27.2 Å². The molecule has 0 bridgehead atoms. The van der Waals surface area contributed by atoms with E-state index in [2.05, 4.69) is 4.98 Å². The van der Waals surface area contributed by atoms with Crippen LogP contribution in [0.2, 0.25) is 0 Å². The molecule has 0 atom stereocenters. The van der Waals surface area contributed by atoms with Gasteiger partial charge in [-0.3, -0.25) is 4.98 Å². The Hall–Kier alpha value is -2.16. The van der Waals surface area contributed by atoms with Gasteiger partial charge in [-0.2, -0.15) is 0 Å². The third-order valence-electron chi connectivity index (χ3n) is 2.82. The Kier molecular flexibility index (Phi) is 3.72. The summed E-state index contributed by atoms with van der Waals surface area (Å²) >= 11 is 0. The third kappa shape index (κ3) is 3.17. The number of nitrogens with zero attached hydrogens (tertiary/aromatic N) is 1. The van der Waals surface area contributed by atoms with Crippen LogP contribution in [0.15, 0.2) is 42.6 Å². The van der Waals surface area contributed by atoms with E-state index in [1.165, 1.54) is 0 Å². The number of benzene rings is 1. The van der Waals surface area contributed by atoms with E-state index in [4.69, 9.17) is 5.11 Å². The maximum Gasteiger partial charge on any atom is 0.335 e. The van der Waals surface area contributed by atoms with Crippen molar-refractivity contribution in [3.8, 4) is 0 Å². The second-order valence-corrected chi connectivity index (χ2v) is 4.33. The van der Waals surface area contributed by atoms with E-state index in [0.29, 0.717) is 5.56 Å². The van der Waals surface area contributed by atoms with Gasteiger partial charge < -0.3 is 5.11 Å². The summed E-state index contributed by atoms with van der Waals surface area (Å²) in [4.78, 5) is 15.2. The van der Waals surface area contributed by atoms with Crippen molar-refractivity contribution in [1.29, 1.82) is 0 Å². The van der Waals surface area contributed by atoms with Crippen molar-refractivity contribution in [1.82, 2.24) is 4.98 Å². The summed E-state index contributed by atoms with van der Waals surface area (Å²) in [7, 11) is 0. The number of carbonyl (C=O) groups is 1. The molecule has 92 valence electrons. The first kappa shape index (κ1) is 12.3. The Bertz CT molecular complexity index is 547. The summed E-state index contributed by atoms with van der Waals surface area (Å²) < 4.78 is 0. The molecule has 0 amide bonds. The van der Waals surface area contributed by atoms with Gasteiger partial charge in [0, 0.05) is 11.9 Å². The summed E-state index contributed by atoms with van der Waals surface area (Å²) in [6.45, 7) is 2.01. The van der Waals surface area contributed by atoms with E-state index < -0.39 is 5.97 Å². The number of hydrogen-bond acceptors (Lipinski definition) is 2. The normalized spacial score (nSPS) is 10.3. The zero-order valence-corrected chi connectivity index (χ0v) is 10.3. The highest BCUT2D eigenvalue weighted by atomic mass is 16.4. The zero-order chi connectivity index (χ0) is 13.0. The molecule has 0 fully saturated rings. The first-order chi connectivity index (χ1) is 8.65. The predicted molar refractivity (Wildman–Crippen MR) is 69.8 cm³/mol. The van der Waals surface area contributed by atoms with Crippen LogP contribution in [-0.2, 0) is 12.8 Å². The van der Waals surface area contributed by atoms with Crippen LogP contribution in [0.3, 0.4) is 0 Å². The lowest BCUT2D eigenvalue weighted by atomic mass is 10.0. The van der Waals surface area contributed by atoms with Gasteiger partial charge in [0.15, 0.2) is 0 Å². The van der Waals surface area contributed by atoms with E-state index in [0.717, 1.165) is 29.7 Å². The number of aromatic carboxylic acids is 1. The summed E-state index contributed by atoms with van der Waals surface area (Å²) in [6, 6.07) is 11.1. The van der Waals surface area contributed by atoms with Crippen LogP contribution >= 0.6 is 0 Å². The van der Waals surface area contributed by atoms with Gasteiger partial charge in [-0.25, -0.2) is 4.79 Å². The minimum absolute atomic E-state index is 0.337. The highest BCUT2D eigenvalue weighted by Gasteiger charge is 2.03. The second kappa shape index (κ2) is 5.45. The van der Waals surface area contributed by atoms with Crippen molar-refractivity contribution in [2.75, 3.05) is 0 Å². The van der Waals surface area contributed by atoms with E-state index in [9.17, 15) is 4.79 Å². The fourth-order valence-corrected chi connectivity index (χ4v) is 1.78. The first-order valence-corrected chi connectivity index (χ1v) is 5.89. The number of carboxylic acid groups (broad SMARTS) is 1. The molecule has 2 aromatic rings. The molecule has 1 aromatic heterocycles. The van der Waals surface area contributed by atoms with Gasteiger partial charge in [0.2, 0.25) is 0 Å². The molecule has 1 aromatic carbocycles. The molecule has 0 spiro atoms. The fourth-order valence-electron chi connectivity index (χ4n) is 1.78. The Balaban J connectivity index is 2.04. The molecule has 0 radical (unpaired) electrons. The Morgan fingerprint density at radius 1 is 1.22 bits per heavy atom. The van der Waals surface area contributed by atoms with Crippen molar-refractivity contribution < 1.29 is 9.90 Å². The maximum atomic E-state index is 10.9. The van der Waals surface area contributed by atoms with Crippen molar-refractivity contribution >= 4 is 5.97 Å². The predicted octanol–water partition coefficient (Wildman–Crippen LogP) is 2.87. The van der Waals surface area contributed by atoms with Crippen molar-refractivity contribution in [3.05, 3.63) is 65.0 Å². The summed E-state index contributed by atoms with van der Waals surface area (Å²) in [5, 5.41) is 8.91. The molecule has 0 aliphatic rings. The van der Waals surface area contributed by atoms with Crippen LogP contribution in [0, 0.1) is 6.92 Å². The molecule has 0 aliphatic heterocycles. The number of aryl methyl sites for hydroxylation is 3. The zero-order valence-electron chi connectivity index (χ0n) is 10.3. The van der Waals surface area contributed by atoms with Gasteiger partial charge >= 0.3 is 5.97 Å². The lowest BCUT2D eigenvalue weighted by Gasteiger charge is -2.03. The number of pyridine rings is 1. The average Bonchev–Trinajstić information content (AvgIpc) is 2.38. The second-order valence-electron chi connectivity index (χ2n) is 4.33. The van der Waals surface area contributed by atoms with E-state index >= 15 is 0 Å². The van der Waals surface area contributed by atoms with Crippen molar-refractivity contribution in [3.63, 3.8) is 0 Å². The van der Waals surface area contributed by atoms with Crippen LogP contribution in [0.25, 0.3) is 0 Å². The molecule has 2 rings (SSSR count). The third-order valence-corrected chi connectivity index (χ3v) is 2.82. The smallest absolute Gasteiger partial charge is 0.335 e. The minimum Gasteiger partial charge on any atom is -0.478 e. The summed E-state index contributed by atoms with van der Waals surface area (Å²) in [5.41, 5.74) is 3.54. The molecule has 0 saturated carbocycles. The van der Waals surface area contributed by atoms with Crippen molar-refractivity contribution in [2.45, 2.75) is 19.8 Å².